The van der Waals surface area contributed by atoms with Gasteiger partial charge in [-0.2, -0.15) is 5.10 Å². The van der Waals surface area contributed by atoms with Gasteiger partial charge in [0.25, 0.3) is 0 Å². The zero-order valence-corrected chi connectivity index (χ0v) is 16.1. The summed E-state index contributed by atoms with van der Waals surface area (Å²) in [5, 5.41) is 7.86. The lowest BCUT2D eigenvalue weighted by Crippen LogP contribution is -2.37. The van der Waals surface area contributed by atoms with Crippen LogP contribution >= 0.6 is 0 Å². The maximum Gasteiger partial charge on any atom is 0.214 e. The molecule has 1 saturated heterocycles. The number of hydrogen-bond donors (Lipinski definition) is 1. The minimum absolute atomic E-state index is 0.111. The Labute approximate surface area is 155 Å². The maximum absolute atomic E-state index is 12.6. The lowest BCUT2D eigenvalue weighted by atomic mass is 9.72. The summed E-state index contributed by atoms with van der Waals surface area (Å²) in [6.07, 6.45) is 9.19. The van der Waals surface area contributed by atoms with Gasteiger partial charge in [-0.05, 0) is 44.2 Å². The van der Waals surface area contributed by atoms with E-state index in [0.29, 0.717) is 13.1 Å². The second-order valence-electron chi connectivity index (χ2n) is 7.55. The normalized spacial score (nSPS) is 23.4. The Kier molecular flexibility index (Phi) is 4.61. The Bertz CT molecular complexity index is 878. The summed E-state index contributed by atoms with van der Waals surface area (Å²) in [6.45, 7) is 3.23. The quantitative estimate of drug-likeness (QED) is 0.873. The van der Waals surface area contributed by atoms with Gasteiger partial charge in [0, 0.05) is 47.7 Å². The first-order valence-electron chi connectivity index (χ1n) is 9.52. The van der Waals surface area contributed by atoms with Crippen molar-refractivity contribution in [2.75, 3.05) is 18.8 Å². The summed E-state index contributed by atoms with van der Waals surface area (Å²) in [5.74, 6) is 0.260. The molecule has 1 atom stereocenters. The van der Waals surface area contributed by atoms with Gasteiger partial charge in [0.15, 0.2) is 0 Å². The molecule has 1 N–H and O–H groups in total. The summed E-state index contributed by atoms with van der Waals surface area (Å²) >= 11 is 0. The number of hydrogen-bond acceptors (Lipinski definition) is 4. The highest BCUT2D eigenvalue weighted by molar-refractivity contribution is 7.89. The molecule has 1 fully saturated rings. The number of aromatic amines is 1. The minimum Gasteiger partial charge on any atom is -0.281 e. The Balaban J connectivity index is 1.64. The van der Waals surface area contributed by atoms with E-state index in [1.165, 1.54) is 5.56 Å². The Morgan fingerprint density at radius 2 is 2.23 bits per heavy atom. The smallest absolute Gasteiger partial charge is 0.214 e. The van der Waals surface area contributed by atoms with Crippen molar-refractivity contribution in [3.8, 4) is 11.3 Å². The van der Waals surface area contributed by atoms with Crippen molar-refractivity contribution in [2.24, 2.45) is 0 Å². The zero-order valence-electron chi connectivity index (χ0n) is 15.2. The Morgan fingerprint density at radius 1 is 1.35 bits per heavy atom. The fourth-order valence-electron chi connectivity index (χ4n) is 4.45. The highest BCUT2D eigenvalue weighted by Crippen LogP contribution is 2.46. The predicted octanol–water partition coefficient (Wildman–Crippen LogP) is 2.88. The predicted molar refractivity (Wildman–Crippen MR) is 101 cm³/mol. The van der Waals surface area contributed by atoms with Crippen LogP contribution in [0, 0.1) is 0 Å². The number of nitrogens with one attached hydrogen (secondary N) is 1. The largest absolute Gasteiger partial charge is 0.281 e. The molecule has 26 heavy (non-hydrogen) atoms. The highest BCUT2D eigenvalue weighted by atomic mass is 32.2. The average Bonchev–Trinajstić information content (AvgIpc) is 3.27. The number of nitrogens with zero attached hydrogens (tertiary/aromatic N) is 3. The molecule has 0 saturated carbocycles. The Hall–Kier alpha value is -1.73. The minimum atomic E-state index is -3.16. The molecule has 1 spiro atoms. The van der Waals surface area contributed by atoms with E-state index in [0.717, 1.165) is 55.5 Å². The molecule has 2 aromatic rings. The van der Waals surface area contributed by atoms with Crippen LogP contribution in [0.25, 0.3) is 11.3 Å². The van der Waals surface area contributed by atoms with Gasteiger partial charge < -0.3 is 0 Å². The molecule has 6 nitrogen and oxygen atoms in total. The van der Waals surface area contributed by atoms with Gasteiger partial charge in [-0.3, -0.25) is 10.1 Å². The molecule has 0 radical (unpaired) electrons. The van der Waals surface area contributed by atoms with Crippen LogP contribution in [0.4, 0.5) is 0 Å². The van der Waals surface area contributed by atoms with Gasteiger partial charge in [-0.1, -0.05) is 13.3 Å². The van der Waals surface area contributed by atoms with Crippen LogP contribution in [0.2, 0.25) is 0 Å². The van der Waals surface area contributed by atoms with Gasteiger partial charge in [-0.25, -0.2) is 12.7 Å². The second-order valence-corrected chi connectivity index (χ2v) is 9.64. The molecule has 3 heterocycles. The van der Waals surface area contributed by atoms with Crippen molar-refractivity contribution in [2.45, 2.75) is 50.9 Å². The monoisotopic (exact) mass is 374 g/mol. The number of aromatic nitrogens is 3. The molecule has 0 unspecified atom stereocenters. The number of sulfonamides is 1. The van der Waals surface area contributed by atoms with E-state index in [1.807, 2.05) is 25.3 Å². The first-order chi connectivity index (χ1) is 12.6. The molecule has 2 aliphatic rings. The third kappa shape index (κ3) is 2.97. The van der Waals surface area contributed by atoms with Gasteiger partial charge in [-0.15, -0.1) is 0 Å². The Morgan fingerprint density at radius 3 is 3.00 bits per heavy atom. The molecule has 1 aliphatic carbocycles. The molecule has 0 bridgehead atoms. The van der Waals surface area contributed by atoms with Crippen LogP contribution in [-0.4, -0.2) is 46.7 Å². The summed E-state index contributed by atoms with van der Waals surface area (Å²) in [7, 11) is -3.16. The van der Waals surface area contributed by atoms with Crippen molar-refractivity contribution in [3.63, 3.8) is 0 Å². The third-order valence-corrected chi connectivity index (χ3v) is 7.79. The van der Waals surface area contributed by atoms with Crippen molar-refractivity contribution in [1.82, 2.24) is 19.5 Å². The fraction of sp³-hybridized carbons (Fsp3) is 0.579. The van der Waals surface area contributed by atoms with Gasteiger partial charge in [0.1, 0.15) is 0 Å². The fourth-order valence-corrected chi connectivity index (χ4v) is 6.18. The lowest BCUT2D eigenvalue weighted by molar-refractivity contribution is 0.358. The summed E-state index contributed by atoms with van der Waals surface area (Å²) in [5.41, 5.74) is 4.28. The average molecular weight is 375 g/mol. The third-order valence-electron chi connectivity index (χ3n) is 5.88. The number of fused-ring (bicyclic) bond motifs is 2. The molecule has 140 valence electrons. The van der Waals surface area contributed by atoms with Crippen LogP contribution in [-0.2, 0) is 21.9 Å². The van der Waals surface area contributed by atoms with Crippen molar-refractivity contribution < 1.29 is 8.42 Å². The van der Waals surface area contributed by atoms with Gasteiger partial charge >= 0.3 is 0 Å². The van der Waals surface area contributed by atoms with Gasteiger partial charge in [0.2, 0.25) is 10.0 Å². The summed E-state index contributed by atoms with van der Waals surface area (Å²) < 4.78 is 27.0. The van der Waals surface area contributed by atoms with E-state index in [-0.39, 0.29) is 11.2 Å². The second kappa shape index (κ2) is 6.78. The van der Waals surface area contributed by atoms with Gasteiger partial charge in [0.05, 0.1) is 11.4 Å². The van der Waals surface area contributed by atoms with E-state index in [1.54, 1.807) is 10.5 Å². The first kappa shape index (κ1) is 17.7. The molecule has 0 amide bonds. The van der Waals surface area contributed by atoms with E-state index in [9.17, 15) is 8.42 Å². The van der Waals surface area contributed by atoms with Crippen molar-refractivity contribution >= 4 is 10.0 Å². The number of rotatable bonds is 5. The van der Waals surface area contributed by atoms with E-state index in [2.05, 4.69) is 15.2 Å². The number of H-pyrrole nitrogens is 1. The molecule has 0 aromatic carbocycles. The number of pyridine rings is 1. The summed E-state index contributed by atoms with van der Waals surface area (Å²) in [6, 6.07) is 3.95. The SMILES string of the molecule is CCCCS(=O)(=O)N1CC[C@]2(CCCc3c(-c4cccnc4)n[nH]c32)C1. The molecule has 1 aliphatic heterocycles. The van der Waals surface area contributed by atoms with E-state index >= 15 is 0 Å². The lowest BCUT2D eigenvalue weighted by Gasteiger charge is -2.33. The highest BCUT2D eigenvalue weighted by Gasteiger charge is 2.47. The summed E-state index contributed by atoms with van der Waals surface area (Å²) in [4.78, 5) is 4.21. The molecule has 2 aromatic heterocycles. The van der Waals surface area contributed by atoms with Crippen molar-refractivity contribution in [3.05, 3.63) is 35.8 Å². The van der Waals surface area contributed by atoms with Crippen LogP contribution in [0.1, 0.15) is 50.3 Å². The zero-order chi connectivity index (χ0) is 18.2. The van der Waals surface area contributed by atoms with Crippen molar-refractivity contribution in [1.29, 1.82) is 0 Å². The molecular weight excluding hydrogens is 348 g/mol. The van der Waals surface area contributed by atoms with E-state index in [4.69, 9.17) is 0 Å². The maximum atomic E-state index is 12.6. The topological polar surface area (TPSA) is 79.0 Å². The molecule has 4 rings (SSSR count). The molecule has 7 heteroatoms. The molecular formula is C19H26N4O2S. The standard InChI is InChI=1S/C19H26N4O2S/c1-2-3-12-26(24,25)23-11-9-19(14-23)8-4-7-16-17(21-22-18(16)19)15-6-5-10-20-13-15/h5-6,10,13H,2-4,7-9,11-12,14H2,1H3,(H,21,22)/t19-/m1/s1. The van der Waals surface area contributed by atoms with Crippen LogP contribution in [0.5, 0.6) is 0 Å². The van der Waals surface area contributed by atoms with Crippen LogP contribution in [0.15, 0.2) is 24.5 Å². The van der Waals surface area contributed by atoms with Crippen LogP contribution < -0.4 is 0 Å². The first-order valence-corrected chi connectivity index (χ1v) is 11.1. The van der Waals surface area contributed by atoms with Crippen LogP contribution in [0.3, 0.4) is 0 Å². The van der Waals surface area contributed by atoms with E-state index < -0.39 is 10.0 Å². The number of unbranched alkanes of at least 4 members (excludes halogenated alkanes) is 1.